The highest BCUT2D eigenvalue weighted by Crippen LogP contribution is 1.82. The summed E-state index contributed by atoms with van der Waals surface area (Å²) in [5.41, 5.74) is 10.3. The van der Waals surface area contributed by atoms with Crippen LogP contribution in [0.2, 0.25) is 0 Å². The number of aromatic nitrogens is 4. The molecular weight excluding hydrogens is 208 g/mol. The van der Waals surface area contributed by atoms with Crippen LogP contribution in [-0.2, 0) is 4.79 Å². The predicted molar refractivity (Wildman–Crippen MR) is 60.0 cm³/mol. The molecule has 4 N–H and O–H groups in total. The van der Waals surface area contributed by atoms with Gasteiger partial charge in [0.15, 0.2) is 0 Å². The Morgan fingerprint density at radius 3 is 1.12 bits per heavy atom. The Balaban J connectivity index is 0.000000244. The van der Waals surface area contributed by atoms with Crippen molar-refractivity contribution in [3.63, 3.8) is 0 Å². The van der Waals surface area contributed by atoms with Crippen LogP contribution in [0.3, 0.4) is 0 Å². The van der Waals surface area contributed by atoms with E-state index in [1.54, 1.807) is 36.9 Å². The van der Waals surface area contributed by atoms with Gasteiger partial charge in [-0.15, -0.1) is 0 Å². The molecule has 84 valence electrons. The minimum Gasteiger partial charge on any atom is -0.368 e. The van der Waals surface area contributed by atoms with Crippen molar-refractivity contribution in [2.45, 2.75) is 0 Å². The number of carbonyl (C=O) groups excluding carboxylic acids is 1. The molecule has 2 heterocycles. The Labute approximate surface area is 92.6 Å². The standard InChI is InChI=1S/2C4H5N3.CH2O/c2*5-4-6-2-1-3-7-4;1-2/h2*1-3H,(H2,5,6,7);1H2. The van der Waals surface area contributed by atoms with Gasteiger partial charge >= 0.3 is 0 Å². The summed E-state index contributed by atoms with van der Waals surface area (Å²) in [6.07, 6.45) is 6.40. The Morgan fingerprint density at radius 2 is 1.00 bits per heavy atom. The van der Waals surface area contributed by atoms with Gasteiger partial charge in [0.25, 0.3) is 0 Å². The van der Waals surface area contributed by atoms with E-state index in [0.29, 0.717) is 11.9 Å². The topological polar surface area (TPSA) is 121 Å². The molecule has 0 aliphatic rings. The van der Waals surface area contributed by atoms with E-state index in [0.717, 1.165) is 0 Å². The molecule has 0 fully saturated rings. The van der Waals surface area contributed by atoms with Crippen LogP contribution in [0.25, 0.3) is 0 Å². The molecule has 2 rings (SSSR count). The number of rotatable bonds is 0. The molecule has 0 amide bonds. The summed E-state index contributed by atoms with van der Waals surface area (Å²) >= 11 is 0. The van der Waals surface area contributed by atoms with Crippen LogP contribution in [-0.4, -0.2) is 26.7 Å². The van der Waals surface area contributed by atoms with E-state index < -0.39 is 0 Å². The zero-order valence-electron chi connectivity index (χ0n) is 8.52. The van der Waals surface area contributed by atoms with Crippen molar-refractivity contribution >= 4 is 18.7 Å². The van der Waals surface area contributed by atoms with Gasteiger partial charge < -0.3 is 16.3 Å². The number of nitrogens with zero attached hydrogens (tertiary/aromatic N) is 4. The highest BCUT2D eigenvalue weighted by atomic mass is 16.1. The smallest absolute Gasteiger partial charge is 0.219 e. The summed E-state index contributed by atoms with van der Waals surface area (Å²) in [5, 5.41) is 0. The van der Waals surface area contributed by atoms with Crippen LogP contribution in [0.15, 0.2) is 36.9 Å². The summed E-state index contributed by atoms with van der Waals surface area (Å²) in [7, 11) is 0. The van der Waals surface area contributed by atoms with Gasteiger partial charge in [0.2, 0.25) is 11.9 Å². The van der Waals surface area contributed by atoms with Crippen molar-refractivity contribution < 1.29 is 4.79 Å². The van der Waals surface area contributed by atoms with E-state index in [1.807, 2.05) is 6.79 Å². The van der Waals surface area contributed by atoms with Crippen LogP contribution >= 0.6 is 0 Å². The molecule has 0 spiro atoms. The van der Waals surface area contributed by atoms with Crippen LogP contribution in [0.4, 0.5) is 11.9 Å². The van der Waals surface area contributed by atoms with Crippen LogP contribution in [0.5, 0.6) is 0 Å². The molecular formula is C9H12N6O. The van der Waals surface area contributed by atoms with E-state index in [4.69, 9.17) is 16.3 Å². The first-order valence-electron chi connectivity index (χ1n) is 4.13. The summed E-state index contributed by atoms with van der Waals surface area (Å²) in [6.45, 7) is 2.00. The number of carbonyl (C=O) groups is 1. The van der Waals surface area contributed by atoms with Crippen molar-refractivity contribution in [1.29, 1.82) is 0 Å². The third-order valence-corrected chi connectivity index (χ3v) is 1.17. The first-order valence-corrected chi connectivity index (χ1v) is 4.13. The molecule has 0 radical (unpaired) electrons. The molecule has 16 heavy (non-hydrogen) atoms. The fourth-order valence-corrected chi connectivity index (χ4v) is 0.621. The normalized spacial score (nSPS) is 7.75. The minimum atomic E-state index is 0.322. The van der Waals surface area contributed by atoms with Crippen LogP contribution < -0.4 is 11.5 Å². The molecule has 7 heteroatoms. The molecule has 0 saturated carbocycles. The molecule has 2 aromatic rings. The van der Waals surface area contributed by atoms with E-state index >= 15 is 0 Å². The van der Waals surface area contributed by atoms with Gasteiger partial charge in [0.05, 0.1) is 0 Å². The Kier molecular flexibility index (Phi) is 7.56. The summed E-state index contributed by atoms with van der Waals surface area (Å²) in [6, 6.07) is 3.44. The highest BCUT2D eigenvalue weighted by molar-refractivity contribution is 5.11. The van der Waals surface area contributed by atoms with Gasteiger partial charge in [-0.2, -0.15) is 0 Å². The molecule has 2 aromatic heterocycles. The number of anilines is 2. The quantitative estimate of drug-likeness (QED) is 0.637. The third kappa shape index (κ3) is 6.89. The number of nitrogens with two attached hydrogens (primary N) is 2. The first kappa shape index (κ1) is 13.4. The van der Waals surface area contributed by atoms with Gasteiger partial charge in [0.1, 0.15) is 6.79 Å². The molecule has 0 aliphatic heterocycles. The van der Waals surface area contributed by atoms with Gasteiger partial charge in [-0.1, -0.05) is 0 Å². The van der Waals surface area contributed by atoms with Crippen molar-refractivity contribution in [3.8, 4) is 0 Å². The molecule has 0 bridgehead atoms. The van der Waals surface area contributed by atoms with Crippen LogP contribution in [0.1, 0.15) is 0 Å². The maximum Gasteiger partial charge on any atom is 0.219 e. The van der Waals surface area contributed by atoms with Crippen molar-refractivity contribution in [3.05, 3.63) is 36.9 Å². The molecule has 0 aliphatic carbocycles. The monoisotopic (exact) mass is 220 g/mol. The van der Waals surface area contributed by atoms with E-state index in [-0.39, 0.29) is 0 Å². The zero-order valence-corrected chi connectivity index (χ0v) is 8.52. The highest BCUT2D eigenvalue weighted by Gasteiger charge is 1.75. The van der Waals surface area contributed by atoms with Crippen molar-refractivity contribution in [1.82, 2.24) is 19.9 Å². The molecule has 7 nitrogen and oxygen atoms in total. The Morgan fingerprint density at radius 1 is 0.750 bits per heavy atom. The average molecular weight is 220 g/mol. The van der Waals surface area contributed by atoms with Crippen LogP contribution in [0, 0.1) is 0 Å². The molecule has 0 aromatic carbocycles. The van der Waals surface area contributed by atoms with E-state index in [2.05, 4.69) is 19.9 Å². The third-order valence-electron chi connectivity index (χ3n) is 1.17. The van der Waals surface area contributed by atoms with Gasteiger partial charge in [0, 0.05) is 24.8 Å². The Bertz CT molecular complexity index is 331. The second kappa shape index (κ2) is 9.00. The number of hydrogen-bond acceptors (Lipinski definition) is 7. The van der Waals surface area contributed by atoms with E-state index in [9.17, 15) is 0 Å². The van der Waals surface area contributed by atoms with Gasteiger partial charge in [-0.05, 0) is 12.1 Å². The van der Waals surface area contributed by atoms with Crippen molar-refractivity contribution in [2.75, 3.05) is 11.5 Å². The molecule has 0 saturated heterocycles. The lowest BCUT2D eigenvalue weighted by atomic mass is 10.7. The number of hydrogen-bond donors (Lipinski definition) is 2. The molecule has 0 atom stereocenters. The lowest BCUT2D eigenvalue weighted by molar-refractivity contribution is -0.0979. The maximum absolute atomic E-state index is 8.00. The fraction of sp³-hybridized carbons (Fsp3) is 0. The minimum absolute atomic E-state index is 0.322. The average Bonchev–Trinajstić information content (AvgIpc) is 2.34. The fourth-order valence-electron chi connectivity index (χ4n) is 0.621. The largest absolute Gasteiger partial charge is 0.368 e. The van der Waals surface area contributed by atoms with E-state index in [1.165, 1.54) is 0 Å². The first-order chi connectivity index (χ1) is 7.79. The Hall–Kier alpha value is -2.57. The predicted octanol–water partition coefficient (Wildman–Crippen LogP) is -0.0673. The van der Waals surface area contributed by atoms with Gasteiger partial charge in [-0.25, -0.2) is 19.9 Å². The van der Waals surface area contributed by atoms with Gasteiger partial charge in [-0.3, -0.25) is 0 Å². The lowest BCUT2D eigenvalue weighted by Gasteiger charge is -1.82. The molecule has 0 unspecified atom stereocenters. The maximum atomic E-state index is 8.00. The SMILES string of the molecule is C=O.Nc1ncccn1.Nc1ncccn1. The zero-order chi connectivity index (χ0) is 12.2. The summed E-state index contributed by atoms with van der Waals surface area (Å²) in [4.78, 5) is 22.6. The second-order valence-corrected chi connectivity index (χ2v) is 2.21. The second-order valence-electron chi connectivity index (χ2n) is 2.21. The summed E-state index contributed by atoms with van der Waals surface area (Å²) in [5.74, 6) is 0.644. The summed E-state index contributed by atoms with van der Waals surface area (Å²) < 4.78 is 0. The lowest BCUT2D eigenvalue weighted by Crippen LogP contribution is -1.90. The number of nitrogen functional groups attached to an aromatic ring is 2. The van der Waals surface area contributed by atoms with Crippen molar-refractivity contribution in [2.24, 2.45) is 0 Å².